The SMILES string of the molecule is CC(C)=CC(C)n1c(=O)[nH]c(=O)[nH]c1=O. The topological polar surface area (TPSA) is 87.7 Å². The van der Waals surface area contributed by atoms with Crippen molar-refractivity contribution in [3.63, 3.8) is 0 Å². The number of allylic oxidation sites excluding steroid dienone is 2. The van der Waals surface area contributed by atoms with Crippen molar-refractivity contribution in [1.82, 2.24) is 14.5 Å². The van der Waals surface area contributed by atoms with Gasteiger partial charge in [0.2, 0.25) is 0 Å². The third kappa shape index (κ3) is 2.55. The molecule has 1 rings (SSSR count). The number of hydrogen-bond acceptors (Lipinski definition) is 3. The molecule has 15 heavy (non-hydrogen) atoms. The second-order valence-electron chi connectivity index (χ2n) is 3.54. The van der Waals surface area contributed by atoms with E-state index in [0.717, 1.165) is 10.1 Å². The highest BCUT2D eigenvalue weighted by atomic mass is 16.2. The molecule has 1 unspecified atom stereocenters. The summed E-state index contributed by atoms with van der Waals surface area (Å²) in [7, 11) is 0. The van der Waals surface area contributed by atoms with E-state index in [-0.39, 0.29) is 6.04 Å². The van der Waals surface area contributed by atoms with Gasteiger partial charge in [-0.3, -0.25) is 9.97 Å². The number of rotatable bonds is 2. The second kappa shape index (κ2) is 4.12. The number of hydrogen-bond donors (Lipinski definition) is 2. The molecule has 1 atom stereocenters. The van der Waals surface area contributed by atoms with Gasteiger partial charge >= 0.3 is 17.1 Å². The van der Waals surface area contributed by atoms with Crippen LogP contribution in [0.2, 0.25) is 0 Å². The van der Waals surface area contributed by atoms with Crippen LogP contribution in [0.3, 0.4) is 0 Å². The van der Waals surface area contributed by atoms with Gasteiger partial charge in [-0.05, 0) is 20.8 Å². The number of nitrogens with zero attached hydrogens (tertiary/aromatic N) is 1. The van der Waals surface area contributed by atoms with E-state index >= 15 is 0 Å². The molecule has 82 valence electrons. The van der Waals surface area contributed by atoms with Gasteiger partial charge in [-0.1, -0.05) is 11.6 Å². The second-order valence-corrected chi connectivity index (χ2v) is 3.54. The highest BCUT2D eigenvalue weighted by Gasteiger charge is 2.08. The Hall–Kier alpha value is -1.85. The summed E-state index contributed by atoms with van der Waals surface area (Å²) in [5.41, 5.74) is -1.20. The maximum absolute atomic E-state index is 11.3. The number of nitrogens with one attached hydrogen (secondary N) is 2. The van der Waals surface area contributed by atoms with Crippen LogP contribution in [-0.2, 0) is 0 Å². The number of aromatic nitrogens is 3. The van der Waals surface area contributed by atoms with E-state index in [9.17, 15) is 14.4 Å². The molecule has 0 fully saturated rings. The van der Waals surface area contributed by atoms with Crippen molar-refractivity contribution in [1.29, 1.82) is 0 Å². The largest absolute Gasteiger partial charge is 0.334 e. The zero-order chi connectivity index (χ0) is 11.6. The van der Waals surface area contributed by atoms with Crippen LogP contribution < -0.4 is 17.1 Å². The lowest BCUT2D eigenvalue weighted by Crippen LogP contribution is -2.44. The molecule has 0 saturated carbocycles. The van der Waals surface area contributed by atoms with Crippen molar-refractivity contribution in [2.45, 2.75) is 26.8 Å². The van der Waals surface area contributed by atoms with Gasteiger partial charge in [0.25, 0.3) is 0 Å². The third-order valence-corrected chi connectivity index (χ3v) is 1.86. The van der Waals surface area contributed by atoms with Crippen LogP contribution in [0.5, 0.6) is 0 Å². The Kier molecular flexibility index (Phi) is 3.08. The lowest BCUT2D eigenvalue weighted by molar-refractivity contribution is 0.564. The van der Waals surface area contributed by atoms with Gasteiger partial charge in [0.1, 0.15) is 0 Å². The number of aromatic amines is 2. The zero-order valence-electron chi connectivity index (χ0n) is 8.83. The lowest BCUT2D eigenvalue weighted by atomic mass is 10.2. The van der Waals surface area contributed by atoms with Crippen LogP contribution in [0.25, 0.3) is 0 Å². The molecule has 0 bridgehead atoms. The standard InChI is InChI=1S/C9H13N3O3/c1-5(2)4-6(3)12-8(14)10-7(13)11-9(12)15/h4,6H,1-3H3,(H2,10,11,13,14,15). The average molecular weight is 211 g/mol. The van der Waals surface area contributed by atoms with Crippen molar-refractivity contribution < 1.29 is 0 Å². The maximum Gasteiger partial charge on any atom is 0.334 e. The van der Waals surface area contributed by atoms with Gasteiger partial charge in [0.15, 0.2) is 0 Å². The Bertz CT molecular complexity index is 508. The van der Waals surface area contributed by atoms with Crippen molar-refractivity contribution in [2.75, 3.05) is 0 Å². The predicted octanol–water partition coefficient (Wildman–Crippen LogP) is -0.248. The molecule has 0 aromatic carbocycles. The average Bonchev–Trinajstić information content (AvgIpc) is 1.99. The zero-order valence-corrected chi connectivity index (χ0v) is 8.83. The fraction of sp³-hybridized carbons (Fsp3) is 0.444. The molecule has 1 aromatic heterocycles. The fourth-order valence-electron chi connectivity index (χ4n) is 1.37. The van der Waals surface area contributed by atoms with Crippen molar-refractivity contribution in [3.8, 4) is 0 Å². The smallest absolute Gasteiger partial charge is 0.259 e. The minimum absolute atomic E-state index is 0.386. The van der Waals surface area contributed by atoms with Crippen LogP contribution in [0.15, 0.2) is 26.0 Å². The first-order valence-corrected chi connectivity index (χ1v) is 4.52. The molecule has 1 aromatic rings. The van der Waals surface area contributed by atoms with Crippen LogP contribution in [0.4, 0.5) is 0 Å². The van der Waals surface area contributed by atoms with E-state index < -0.39 is 17.1 Å². The predicted molar refractivity (Wildman–Crippen MR) is 56.1 cm³/mol. The van der Waals surface area contributed by atoms with E-state index in [4.69, 9.17) is 0 Å². The normalized spacial score (nSPS) is 12.2. The van der Waals surface area contributed by atoms with Gasteiger partial charge in [-0.2, -0.15) is 0 Å². The molecule has 6 heteroatoms. The molecule has 0 radical (unpaired) electrons. The van der Waals surface area contributed by atoms with Gasteiger partial charge in [-0.15, -0.1) is 0 Å². The van der Waals surface area contributed by atoms with E-state index in [1.54, 1.807) is 13.0 Å². The van der Waals surface area contributed by atoms with Crippen molar-refractivity contribution >= 4 is 0 Å². The molecular formula is C9H13N3O3. The summed E-state index contributed by atoms with van der Waals surface area (Å²) in [6.45, 7) is 5.42. The molecular weight excluding hydrogens is 198 g/mol. The van der Waals surface area contributed by atoms with E-state index in [2.05, 4.69) is 0 Å². The number of H-pyrrole nitrogens is 2. The Morgan fingerprint density at radius 1 is 1.20 bits per heavy atom. The first-order chi connectivity index (χ1) is 6.91. The van der Waals surface area contributed by atoms with E-state index in [0.29, 0.717) is 0 Å². The van der Waals surface area contributed by atoms with Crippen molar-refractivity contribution in [3.05, 3.63) is 43.1 Å². The molecule has 0 aliphatic rings. The molecule has 0 saturated heterocycles. The summed E-state index contributed by atoms with van der Waals surface area (Å²) >= 11 is 0. The maximum atomic E-state index is 11.3. The Balaban J connectivity index is 3.39. The highest BCUT2D eigenvalue weighted by Crippen LogP contribution is 2.03. The van der Waals surface area contributed by atoms with Crippen LogP contribution in [0.1, 0.15) is 26.8 Å². The first kappa shape index (κ1) is 11.2. The first-order valence-electron chi connectivity index (χ1n) is 4.52. The highest BCUT2D eigenvalue weighted by molar-refractivity contribution is 4.99. The van der Waals surface area contributed by atoms with Crippen LogP contribution in [0, 0.1) is 0 Å². The minimum atomic E-state index is -0.786. The minimum Gasteiger partial charge on any atom is -0.259 e. The summed E-state index contributed by atoms with van der Waals surface area (Å²) in [5, 5.41) is 0. The summed E-state index contributed by atoms with van der Waals surface area (Å²) in [4.78, 5) is 37.5. The Morgan fingerprint density at radius 2 is 1.67 bits per heavy atom. The molecule has 1 heterocycles. The molecule has 0 amide bonds. The van der Waals surface area contributed by atoms with Gasteiger partial charge in [0.05, 0.1) is 6.04 Å². The van der Waals surface area contributed by atoms with Crippen molar-refractivity contribution in [2.24, 2.45) is 0 Å². The fourth-order valence-corrected chi connectivity index (χ4v) is 1.37. The van der Waals surface area contributed by atoms with Gasteiger partial charge < -0.3 is 0 Å². The molecule has 0 aliphatic heterocycles. The molecule has 2 N–H and O–H groups in total. The summed E-state index contributed by atoms with van der Waals surface area (Å²) in [6, 6.07) is -0.386. The monoisotopic (exact) mass is 211 g/mol. The summed E-state index contributed by atoms with van der Waals surface area (Å²) in [6.07, 6.45) is 1.76. The molecule has 6 nitrogen and oxygen atoms in total. The lowest BCUT2D eigenvalue weighted by Gasteiger charge is -2.08. The van der Waals surface area contributed by atoms with Gasteiger partial charge in [0, 0.05) is 0 Å². The van der Waals surface area contributed by atoms with E-state index in [1.807, 2.05) is 23.8 Å². The molecule has 0 aliphatic carbocycles. The third-order valence-electron chi connectivity index (χ3n) is 1.86. The Morgan fingerprint density at radius 3 is 2.07 bits per heavy atom. The quantitative estimate of drug-likeness (QED) is 0.661. The molecule has 0 spiro atoms. The van der Waals surface area contributed by atoms with Crippen LogP contribution >= 0.6 is 0 Å². The summed E-state index contributed by atoms with van der Waals surface area (Å²) < 4.78 is 0.953. The van der Waals surface area contributed by atoms with Gasteiger partial charge in [-0.25, -0.2) is 19.0 Å². The van der Waals surface area contributed by atoms with E-state index in [1.165, 1.54) is 0 Å². The van der Waals surface area contributed by atoms with Crippen LogP contribution in [-0.4, -0.2) is 14.5 Å². The summed E-state index contributed by atoms with van der Waals surface area (Å²) in [5.74, 6) is 0. The Labute approximate surface area is 85.3 Å².